The van der Waals surface area contributed by atoms with Crippen LogP contribution in [0.2, 0.25) is 0 Å². The lowest BCUT2D eigenvalue weighted by Gasteiger charge is -2.18. The quantitative estimate of drug-likeness (QED) is 0.947. The van der Waals surface area contributed by atoms with Crippen molar-refractivity contribution in [1.82, 2.24) is 0 Å². The lowest BCUT2D eigenvalue weighted by molar-refractivity contribution is -0.115. The topological polar surface area (TPSA) is 47.6 Å². The monoisotopic (exact) mass is 301 g/mol. The van der Waals surface area contributed by atoms with Crippen molar-refractivity contribution in [2.45, 2.75) is 13.3 Å². The van der Waals surface area contributed by atoms with Gasteiger partial charge in [0.2, 0.25) is 5.91 Å². The first-order valence-corrected chi connectivity index (χ1v) is 7.06. The molecular weight excluding hydrogens is 285 g/mol. The Morgan fingerprint density at radius 2 is 1.91 bits per heavy atom. The van der Waals surface area contributed by atoms with Crippen molar-refractivity contribution in [2.24, 2.45) is 0 Å². The van der Waals surface area contributed by atoms with Gasteiger partial charge in [0.25, 0.3) is 0 Å². The molecule has 1 aliphatic rings. The number of hydrogen-bond acceptors (Lipinski definition) is 3. The molecule has 4 nitrogen and oxygen atoms in total. The Morgan fingerprint density at radius 3 is 2.73 bits per heavy atom. The number of rotatable bonds is 3. The van der Waals surface area contributed by atoms with Crippen molar-refractivity contribution in [3.8, 4) is 11.5 Å². The molecule has 0 spiro atoms. The van der Waals surface area contributed by atoms with E-state index in [1.807, 2.05) is 6.92 Å². The summed E-state index contributed by atoms with van der Waals surface area (Å²) in [4.78, 5) is 12.1. The number of ether oxygens (including phenoxy) is 2. The van der Waals surface area contributed by atoms with Crippen LogP contribution >= 0.6 is 0 Å². The van der Waals surface area contributed by atoms with E-state index in [1.165, 1.54) is 6.07 Å². The summed E-state index contributed by atoms with van der Waals surface area (Å²) in [6, 6.07) is 9.97. The van der Waals surface area contributed by atoms with Gasteiger partial charge in [0.1, 0.15) is 19.0 Å². The van der Waals surface area contributed by atoms with Crippen LogP contribution in [0.5, 0.6) is 11.5 Å². The van der Waals surface area contributed by atoms with Gasteiger partial charge in [-0.2, -0.15) is 0 Å². The summed E-state index contributed by atoms with van der Waals surface area (Å²) in [5, 5.41) is 2.59. The molecule has 0 unspecified atom stereocenters. The van der Waals surface area contributed by atoms with Gasteiger partial charge in [-0.25, -0.2) is 4.39 Å². The van der Waals surface area contributed by atoms with E-state index in [4.69, 9.17) is 9.47 Å². The maximum atomic E-state index is 13.6. The van der Waals surface area contributed by atoms with E-state index in [-0.39, 0.29) is 18.0 Å². The Bertz CT molecular complexity index is 715. The second-order valence-corrected chi connectivity index (χ2v) is 5.19. The van der Waals surface area contributed by atoms with Crippen molar-refractivity contribution in [2.75, 3.05) is 18.5 Å². The highest BCUT2D eigenvalue weighted by Gasteiger charge is 2.14. The van der Waals surface area contributed by atoms with Gasteiger partial charge in [-0.05, 0) is 42.3 Å². The van der Waals surface area contributed by atoms with E-state index in [1.54, 1.807) is 30.3 Å². The lowest BCUT2D eigenvalue weighted by Crippen LogP contribution is -2.17. The molecule has 0 atom stereocenters. The smallest absolute Gasteiger partial charge is 0.228 e. The minimum Gasteiger partial charge on any atom is -0.486 e. The first-order valence-electron chi connectivity index (χ1n) is 7.06. The number of aryl methyl sites for hydroxylation is 1. The number of fused-ring (bicyclic) bond motifs is 1. The number of nitrogens with one attached hydrogen (secondary N) is 1. The molecule has 22 heavy (non-hydrogen) atoms. The van der Waals surface area contributed by atoms with E-state index in [9.17, 15) is 9.18 Å². The summed E-state index contributed by atoms with van der Waals surface area (Å²) in [5.74, 6) is 0.598. The predicted octanol–water partition coefficient (Wildman–Crippen LogP) is 3.09. The van der Waals surface area contributed by atoms with Crippen molar-refractivity contribution in [1.29, 1.82) is 0 Å². The zero-order valence-electron chi connectivity index (χ0n) is 12.2. The first-order chi connectivity index (χ1) is 10.6. The van der Waals surface area contributed by atoms with Gasteiger partial charge in [0, 0.05) is 0 Å². The molecule has 2 aromatic rings. The molecule has 0 fully saturated rings. The number of carbonyl (C=O) groups excluding carboxylic acids is 1. The molecule has 1 N–H and O–H groups in total. The number of anilines is 1. The maximum Gasteiger partial charge on any atom is 0.228 e. The van der Waals surface area contributed by atoms with Crippen LogP contribution in [0.4, 0.5) is 10.1 Å². The second kappa shape index (κ2) is 6.05. The van der Waals surface area contributed by atoms with Crippen LogP contribution in [0.25, 0.3) is 0 Å². The third kappa shape index (κ3) is 3.19. The molecular formula is C17H16FNO3. The van der Waals surface area contributed by atoms with E-state index >= 15 is 0 Å². The number of amides is 1. The van der Waals surface area contributed by atoms with E-state index in [2.05, 4.69) is 5.32 Å². The summed E-state index contributed by atoms with van der Waals surface area (Å²) in [6.07, 6.45) is 0.143. The fraction of sp³-hybridized carbons (Fsp3) is 0.235. The number of benzene rings is 2. The van der Waals surface area contributed by atoms with Crippen LogP contribution in [0.3, 0.4) is 0 Å². The Morgan fingerprint density at radius 1 is 1.14 bits per heavy atom. The standard InChI is InChI=1S/C17H16FNO3/c1-11-2-4-13(18)14(8-11)19-17(20)10-12-3-5-15-16(9-12)22-7-6-21-15/h2-5,8-9H,6-7,10H2,1H3,(H,19,20). The van der Waals surface area contributed by atoms with Crippen molar-refractivity contribution in [3.05, 3.63) is 53.3 Å². The highest BCUT2D eigenvalue weighted by molar-refractivity contribution is 5.92. The Kier molecular flexibility index (Phi) is 3.96. The molecule has 1 heterocycles. The minimum atomic E-state index is -0.443. The molecule has 5 heteroatoms. The van der Waals surface area contributed by atoms with Crippen LogP contribution in [0.1, 0.15) is 11.1 Å². The lowest BCUT2D eigenvalue weighted by atomic mass is 10.1. The molecule has 0 bridgehead atoms. The summed E-state index contributed by atoms with van der Waals surface area (Å²) in [5.41, 5.74) is 1.87. The summed E-state index contributed by atoms with van der Waals surface area (Å²) in [6.45, 7) is 2.87. The molecule has 3 rings (SSSR count). The molecule has 0 aliphatic carbocycles. The highest BCUT2D eigenvalue weighted by Crippen LogP contribution is 2.31. The molecule has 2 aromatic carbocycles. The zero-order valence-corrected chi connectivity index (χ0v) is 12.2. The molecule has 1 aliphatic heterocycles. The van der Waals surface area contributed by atoms with Crippen molar-refractivity contribution < 1.29 is 18.7 Å². The summed E-state index contributed by atoms with van der Waals surface area (Å²) >= 11 is 0. The van der Waals surface area contributed by atoms with Gasteiger partial charge in [-0.15, -0.1) is 0 Å². The Labute approximate surface area is 127 Å². The normalized spacial score (nSPS) is 12.8. The van der Waals surface area contributed by atoms with Crippen LogP contribution in [0, 0.1) is 12.7 Å². The average Bonchev–Trinajstić information content (AvgIpc) is 2.51. The van der Waals surface area contributed by atoms with Gasteiger partial charge in [-0.1, -0.05) is 12.1 Å². The fourth-order valence-corrected chi connectivity index (χ4v) is 2.31. The fourth-order valence-electron chi connectivity index (χ4n) is 2.31. The summed E-state index contributed by atoms with van der Waals surface area (Å²) in [7, 11) is 0. The van der Waals surface area contributed by atoms with Gasteiger partial charge in [-0.3, -0.25) is 4.79 Å². The van der Waals surface area contributed by atoms with Crippen LogP contribution in [0.15, 0.2) is 36.4 Å². The number of hydrogen-bond donors (Lipinski definition) is 1. The van der Waals surface area contributed by atoms with Crippen LogP contribution in [-0.4, -0.2) is 19.1 Å². The molecule has 114 valence electrons. The molecule has 1 amide bonds. The SMILES string of the molecule is Cc1ccc(F)c(NC(=O)Cc2ccc3c(c2)OCCO3)c1. The van der Waals surface area contributed by atoms with Crippen LogP contribution in [-0.2, 0) is 11.2 Å². The van der Waals surface area contributed by atoms with E-state index in [0.717, 1.165) is 11.1 Å². The second-order valence-electron chi connectivity index (χ2n) is 5.19. The largest absolute Gasteiger partial charge is 0.486 e. The first kappa shape index (κ1) is 14.4. The van der Waals surface area contributed by atoms with Crippen molar-refractivity contribution >= 4 is 11.6 Å². The van der Waals surface area contributed by atoms with Crippen molar-refractivity contribution in [3.63, 3.8) is 0 Å². The number of halogens is 1. The molecule has 0 radical (unpaired) electrons. The average molecular weight is 301 g/mol. The third-order valence-corrected chi connectivity index (χ3v) is 3.37. The molecule has 0 saturated heterocycles. The maximum absolute atomic E-state index is 13.6. The third-order valence-electron chi connectivity index (χ3n) is 3.37. The highest BCUT2D eigenvalue weighted by atomic mass is 19.1. The molecule has 0 aromatic heterocycles. The van der Waals surface area contributed by atoms with Gasteiger partial charge < -0.3 is 14.8 Å². The minimum absolute atomic E-state index is 0.143. The van der Waals surface area contributed by atoms with Crippen LogP contribution < -0.4 is 14.8 Å². The van der Waals surface area contributed by atoms with E-state index < -0.39 is 5.82 Å². The zero-order chi connectivity index (χ0) is 15.5. The summed E-state index contributed by atoms with van der Waals surface area (Å²) < 4.78 is 24.6. The van der Waals surface area contributed by atoms with Gasteiger partial charge >= 0.3 is 0 Å². The Hall–Kier alpha value is -2.56. The Balaban J connectivity index is 1.70. The number of carbonyl (C=O) groups is 1. The predicted molar refractivity (Wildman–Crippen MR) is 80.9 cm³/mol. The van der Waals surface area contributed by atoms with Gasteiger partial charge in [0.15, 0.2) is 11.5 Å². The van der Waals surface area contributed by atoms with Gasteiger partial charge in [0.05, 0.1) is 12.1 Å². The molecule has 0 saturated carbocycles. The van der Waals surface area contributed by atoms with E-state index in [0.29, 0.717) is 24.7 Å².